The number of nitrogens with zero attached hydrogens (tertiary/aromatic N) is 1. The molecule has 0 bridgehead atoms. The Labute approximate surface area is 210 Å². The Morgan fingerprint density at radius 1 is 0.917 bits per heavy atom. The predicted molar refractivity (Wildman–Crippen MR) is 142 cm³/mol. The number of fused-ring (bicyclic) bond motifs is 6. The van der Waals surface area contributed by atoms with E-state index < -0.39 is 5.60 Å². The molecular weight excluding hydrogens is 448 g/mol. The van der Waals surface area contributed by atoms with Gasteiger partial charge in [-0.15, -0.1) is 0 Å². The summed E-state index contributed by atoms with van der Waals surface area (Å²) in [6.45, 7) is 8.81. The van der Waals surface area contributed by atoms with Gasteiger partial charge in [-0.1, -0.05) is 43.0 Å². The summed E-state index contributed by atoms with van der Waals surface area (Å²) in [5, 5.41) is 3.51. The van der Waals surface area contributed by atoms with E-state index in [1.54, 1.807) is 6.20 Å². The number of carbonyl (C=O) groups is 1. The molecule has 4 aromatic rings. The molecule has 0 saturated heterocycles. The van der Waals surface area contributed by atoms with E-state index in [1.165, 1.54) is 0 Å². The number of esters is 1. The van der Waals surface area contributed by atoms with Crippen molar-refractivity contribution in [3.05, 3.63) is 126 Å². The minimum Gasteiger partial charge on any atom is -0.456 e. The monoisotopic (exact) mass is 474 g/mol. The van der Waals surface area contributed by atoms with Gasteiger partial charge in [-0.05, 0) is 68.1 Å². The average Bonchev–Trinajstić information content (AvgIpc) is 3.19. The van der Waals surface area contributed by atoms with Gasteiger partial charge in [0.15, 0.2) is 5.60 Å². The molecule has 1 atom stereocenters. The third kappa shape index (κ3) is 3.20. The molecule has 0 amide bonds. The van der Waals surface area contributed by atoms with Crippen molar-refractivity contribution >= 4 is 23.0 Å². The first-order valence-corrected chi connectivity index (χ1v) is 12.1. The number of hydrogen-bond donors (Lipinski definition) is 1. The maximum atomic E-state index is 13.2. The first kappa shape index (κ1) is 22.0. The molecule has 0 aliphatic carbocycles. The molecule has 0 fully saturated rings. The third-order valence-electron chi connectivity index (χ3n) is 6.99. The van der Waals surface area contributed by atoms with Crippen molar-refractivity contribution < 1.29 is 14.3 Å². The van der Waals surface area contributed by atoms with Crippen molar-refractivity contribution in [3.63, 3.8) is 0 Å². The lowest BCUT2D eigenvalue weighted by Crippen LogP contribution is -2.33. The predicted octanol–water partition coefficient (Wildman–Crippen LogP) is 7.28. The van der Waals surface area contributed by atoms with Crippen LogP contribution in [-0.2, 0) is 10.3 Å². The van der Waals surface area contributed by atoms with E-state index in [4.69, 9.17) is 9.47 Å². The summed E-state index contributed by atoms with van der Waals surface area (Å²) >= 11 is 0. The fourth-order valence-corrected chi connectivity index (χ4v) is 5.22. The number of hydrogen-bond acceptors (Lipinski definition) is 5. The molecule has 0 saturated carbocycles. The maximum absolute atomic E-state index is 13.2. The molecule has 4 aromatic carbocycles. The van der Waals surface area contributed by atoms with Crippen molar-refractivity contribution in [1.29, 1.82) is 0 Å². The zero-order chi connectivity index (χ0) is 24.9. The number of carbonyl (C=O) groups excluding carboxylic acids is 1. The van der Waals surface area contributed by atoms with Crippen molar-refractivity contribution in [1.82, 2.24) is 0 Å². The van der Waals surface area contributed by atoms with Gasteiger partial charge in [0.05, 0.1) is 5.56 Å². The molecule has 5 heteroatoms. The molecule has 1 unspecified atom stereocenters. The Hall–Kier alpha value is -4.51. The second-order valence-electron chi connectivity index (χ2n) is 9.02. The first-order valence-electron chi connectivity index (χ1n) is 12.1. The van der Waals surface area contributed by atoms with Crippen molar-refractivity contribution in [2.75, 3.05) is 16.8 Å². The molecule has 1 spiro atoms. The summed E-state index contributed by atoms with van der Waals surface area (Å²) in [5.41, 5.74) is 5.75. The number of aryl methyl sites for hydroxylation is 1. The van der Waals surface area contributed by atoms with Crippen LogP contribution in [0.1, 0.15) is 39.5 Å². The Balaban J connectivity index is 1.59. The maximum Gasteiger partial charge on any atom is 0.340 e. The van der Waals surface area contributed by atoms with Gasteiger partial charge < -0.3 is 19.7 Å². The van der Waals surface area contributed by atoms with Crippen LogP contribution in [0.4, 0.5) is 17.1 Å². The average molecular weight is 475 g/mol. The fraction of sp³-hybridized carbons (Fsp3) is 0.129. The smallest absolute Gasteiger partial charge is 0.340 e. The van der Waals surface area contributed by atoms with Crippen molar-refractivity contribution in [2.45, 2.75) is 19.4 Å². The lowest BCUT2D eigenvalue weighted by Gasteiger charge is -2.37. The van der Waals surface area contributed by atoms with E-state index in [0.717, 1.165) is 45.9 Å². The molecule has 5 nitrogen and oxygen atoms in total. The largest absolute Gasteiger partial charge is 0.456 e. The molecular formula is C31H26N2O3. The van der Waals surface area contributed by atoms with E-state index in [2.05, 4.69) is 18.8 Å². The van der Waals surface area contributed by atoms with Gasteiger partial charge in [0, 0.05) is 46.4 Å². The van der Waals surface area contributed by atoms with Crippen molar-refractivity contribution in [3.8, 4) is 11.5 Å². The van der Waals surface area contributed by atoms with Crippen LogP contribution in [0.2, 0.25) is 0 Å². The van der Waals surface area contributed by atoms with Gasteiger partial charge in [0.25, 0.3) is 0 Å². The van der Waals surface area contributed by atoms with E-state index in [9.17, 15) is 4.79 Å². The van der Waals surface area contributed by atoms with Crippen LogP contribution in [0.25, 0.3) is 0 Å². The standard InChI is InChI=1S/C31H26N2O3/c1-4-33(5-2)22-15-16-25-29(18-22)35-28-17-20(3)27(32-21-11-7-6-8-12-21)19-26(28)31(25)24-14-10-9-13-23(24)30(34)36-31/h4,6-19,32H,1,5H2,2-3H3. The zero-order valence-corrected chi connectivity index (χ0v) is 20.2. The van der Waals surface area contributed by atoms with Crippen LogP contribution in [0.5, 0.6) is 11.5 Å². The zero-order valence-electron chi connectivity index (χ0n) is 20.2. The SMILES string of the molecule is C=CN(CC)c1ccc2c(c1)Oc1cc(C)c(Nc3ccccc3)cc1C21OC(=O)c2ccccc21. The van der Waals surface area contributed by atoms with Gasteiger partial charge in [0.1, 0.15) is 11.5 Å². The minimum absolute atomic E-state index is 0.340. The summed E-state index contributed by atoms with van der Waals surface area (Å²) in [7, 11) is 0. The Morgan fingerprint density at radius 2 is 1.67 bits per heavy atom. The third-order valence-corrected chi connectivity index (χ3v) is 6.99. The highest BCUT2D eigenvalue weighted by Crippen LogP contribution is 2.57. The topological polar surface area (TPSA) is 50.8 Å². The molecule has 178 valence electrons. The highest BCUT2D eigenvalue weighted by molar-refractivity contribution is 5.97. The van der Waals surface area contributed by atoms with Gasteiger partial charge in [-0.2, -0.15) is 0 Å². The Kier molecular flexibility index (Phi) is 5.07. The van der Waals surface area contributed by atoms with Crippen LogP contribution in [0.15, 0.2) is 97.7 Å². The van der Waals surface area contributed by atoms with Crippen LogP contribution >= 0.6 is 0 Å². The van der Waals surface area contributed by atoms with Crippen LogP contribution in [0, 0.1) is 6.92 Å². The molecule has 2 aliphatic heterocycles. The molecule has 1 N–H and O–H groups in total. The van der Waals surface area contributed by atoms with Crippen LogP contribution < -0.4 is 15.0 Å². The van der Waals surface area contributed by atoms with E-state index in [-0.39, 0.29) is 5.97 Å². The van der Waals surface area contributed by atoms with Crippen molar-refractivity contribution in [2.24, 2.45) is 0 Å². The van der Waals surface area contributed by atoms with E-state index >= 15 is 0 Å². The summed E-state index contributed by atoms with van der Waals surface area (Å²) in [6, 6.07) is 27.7. The summed E-state index contributed by atoms with van der Waals surface area (Å²) in [5.74, 6) is 0.989. The number of rotatable bonds is 5. The van der Waals surface area contributed by atoms with Crippen LogP contribution in [-0.4, -0.2) is 12.5 Å². The minimum atomic E-state index is -1.11. The van der Waals surface area contributed by atoms with Crippen LogP contribution in [0.3, 0.4) is 0 Å². The second-order valence-corrected chi connectivity index (χ2v) is 9.02. The molecule has 0 aromatic heterocycles. The highest BCUT2D eigenvalue weighted by atomic mass is 16.6. The normalized spacial score (nSPS) is 16.9. The lowest BCUT2D eigenvalue weighted by molar-refractivity contribution is 0.0224. The molecule has 6 rings (SSSR count). The molecule has 2 heterocycles. The second kappa shape index (κ2) is 8.31. The Morgan fingerprint density at radius 3 is 2.44 bits per heavy atom. The fourth-order valence-electron chi connectivity index (χ4n) is 5.22. The first-order chi connectivity index (χ1) is 17.5. The number of anilines is 3. The van der Waals surface area contributed by atoms with Gasteiger partial charge >= 0.3 is 5.97 Å². The van der Waals surface area contributed by atoms with Gasteiger partial charge in [-0.3, -0.25) is 0 Å². The number of benzene rings is 4. The van der Waals surface area contributed by atoms with Gasteiger partial charge in [-0.25, -0.2) is 4.79 Å². The molecule has 36 heavy (non-hydrogen) atoms. The van der Waals surface area contributed by atoms with Gasteiger partial charge in [0.2, 0.25) is 0 Å². The van der Waals surface area contributed by atoms with E-state index in [1.807, 2.05) is 96.8 Å². The summed E-state index contributed by atoms with van der Waals surface area (Å²) in [6.07, 6.45) is 1.80. The number of para-hydroxylation sites is 1. The van der Waals surface area contributed by atoms with E-state index in [0.29, 0.717) is 17.1 Å². The Bertz CT molecular complexity index is 1510. The molecule has 2 aliphatic rings. The summed E-state index contributed by atoms with van der Waals surface area (Å²) in [4.78, 5) is 15.2. The highest BCUT2D eigenvalue weighted by Gasteiger charge is 2.53. The number of nitrogens with one attached hydrogen (secondary N) is 1. The molecule has 0 radical (unpaired) electrons. The quantitative estimate of drug-likeness (QED) is 0.308. The lowest BCUT2D eigenvalue weighted by atomic mass is 9.77. The summed E-state index contributed by atoms with van der Waals surface area (Å²) < 4.78 is 12.8. The number of ether oxygens (including phenoxy) is 2.